The predicted molar refractivity (Wildman–Crippen MR) is 55.4 cm³/mol. The quantitative estimate of drug-likeness (QED) is 0.777. The van der Waals surface area contributed by atoms with Gasteiger partial charge < -0.3 is 5.11 Å². The van der Waals surface area contributed by atoms with Crippen molar-refractivity contribution in [2.75, 3.05) is 0 Å². The maximum absolute atomic E-state index is 11.9. The van der Waals surface area contributed by atoms with Crippen LogP contribution in [-0.4, -0.2) is 16.9 Å². The highest BCUT2D eigenvalue weighted by Crippen LogP contribution is 2.65. The third-order valence-electron chi connectivity index (χ3n) is 5.06. The largest absolute Gasteiger partial charge is 0.481 e. The third kappa shape index (κ3) is 1.25. The summed E-state index contributed by atoms with van der Waals surface area (Å²) < 4.78 is 0. The minimum absolute atomic E-state index is 0.0670. The number of aliphatic carboxylic acids is 1. The number of hydrogen-bond acceptors (Lipinski definition) is 2. The summed E-state index contributed by atoms with van der Waals surface area (Å²) in [6.45, 7) is 4.14. The van der Waals surface area contributed by atoms with Gasteiger partial charge in [0.25, 0.3) is 0 Å². The number of rotatable bonds is 3. The van der Waals surface area contributed by atoms with Crippen LogP contribution in [0.15, 0.2) is 0 Å². The Hall–Kier alpha value is -0.860. The van der Waals surface area contributed by atoms with Gasteiger partial charge in [0.1, 0.15) is 5.78 Å². The first-order valence-electron chi connectivity index (χ1n) is 5.65. The van der Waals surface area contributed by atoms with Crippen LogP contribution >= 0.6 is 0 Å². The minimum Gasteiger partial charge on any atom is -0.481 e. The topological polar surface area (TPSA) is 54.4 Å². The van der Waals surface area contributed by atoms with E-state index < -0.39 is 5.97 Å². The fourth-order valence-electron chi connectivity index (χ4n) is 3.60. The molecule has 0 amide bonds. The first kappa shape index (κ1) is 10.7. The average Bonchev–Trinajstić information content (AvgIpc) is 2.50. The lowest BCUT2D eigenvalue weighted by atomic mass is 9.66. The van der Waals surface area contributed by atoms with E-state index in [4.69, 9.17) is 5.11 Å². The SMILES string of the molecule is CC12CCC(CC1=O)C2(C)CCC(=O)O. The van der Waals surface area contributed by atoms with Gasteiger partial charge in [0.2, 0.25) is 0 Å². The average molecular weight is 210 g/mol. The van der Waals surface area contributed by atoms with E-state index in [0.29, 0.717) is 24.5 Å². The Morgan fingerprint density at radius 3 is 2.60 bits per heavy atom. The van der Waals surface area contributed by atoms with Crippen molar-refractivity contribution in [2.45, 2.75) is 46.0 Å². The van der Waals surface area contributed by atoms with Gasteiger partial charge in [0, 0.05) is 18.3 Å². The molecule has 1 N–H and O–H groups in total. The summed E-state index contributed by atoms with van der Waals surface area (Å²) in [6.07, 6.45) is 3.56. The van der Waals surface area contributed by atoms with E-state index in [1.807, 2.05) is 6.92 Å². The summed E-state index contributed by atoms with van der Waals surface area (Å²) in [5.41, 5.74) is -0.310. The molecule has 84 valence electrons. The van der Waals surface area contributed by atoms with Crippen molar-refractivity contribution in [1.82, 2.24) is 0 Å². The summed E-state index contributed by atoms with van der Waals surface area (Å²) in [5, 5.41) is 8.75. The second-order valence-corrected chi connectivity index (χ2v) is 5.51. The van der Waals surface area contributed by atoms with E-state index in [1.165, 1.54) is 0 Å². The van der Waals surface area contributed by atoms with Crippen LogP contribution in [0.5, 0.6) is 0 Å². The second kappa shape index (κ2) is 3.06. The van der Waals surface area contributed by atoms with E-state index in [9.17, 15) is 9.59 Å². The van der Waals surface area contributed by atoms with Crippen molar-refractivity contribution >= 4 is 11.8 Å². The summed E-state index contributed by atoms with van der Waals surface area (Å²) in [7, 11) is 0. The van der Waals surface area contributed by atoms with Crippen LogP contribution in [0.25, 0.3) is 0 Å². The Morgan fingerprint density at radius 2 is 2.20 bits per heavy atom. The van der Waals surface area contributed by atoms with Gasteiger partial charge in [0.05, 0.1) is 0 Å². The number of carbonyl (C=O) groups excluding carboxylic acids is 1. The number of carbonyl (C=O) groups is 2. The summed E-state index contributed by atoms with van der Waals surface area (Å²) in [5.74, 6) is 0.0274. The van der Waals surface area contributed by atoms with Crippen molar-refractivity contribution in [2.24, 2.45) is 16.7 Å². The molecule has 15 heavy (non-hydrogen) atoms. The maximum Gasteiger partial charge on any atom is 0.303 e. The second-order valence-electron chi connectivity index (χ2n) is 5.51. The fraction of sp³-hybridized carbons (Fsp3) is 0.833. The normalized spacial score (nSPS) is 43.6. The molecule has 0 spiro atoms. The maximum atomic E-state index is 11.9. The zero-order valence-corrected chi connectivity index (χ0v) is 9.38. The fourth-order valence-corrected chi connectivity index (χ4v) is 3.60. The van der Waals surface area contributed by atoms with Crippen molar-refractivity contribution < 1.29 is 14.7 Å². The summed E-state index contributed by atoms with van der Waals surface area (Å²) in [6, 6.07) is 0. The molecule has 0 heterocycles. The van der Waals surface area contributed by atoms with E-state index in [2.05, 4.69) is 6.92 Å². The molecular formula is C12H18O3. The molecule has 2 aliphatic rings. The molecule has 3 unspecified atom stereocenters. The molecule has 0 saturated heterocycles. The highest BCUT2D eigenvalue weighted by molar-refractivity contribution is 5.89. The molecule has 0 aromatic carbocycles. The molecule has 0 radical (unpaired) electrons. The smallest absolute Gasteiger partial charge is 0.303 e. The zero-order valence-electron chi connectivity index (χ0n) is 9.38. The molecule has 2 saturated carbocycles. The molecule has 2 bridgehead atoms. The molecule has 3 heteroatoms. The van der Waals surface area contributed by atoms with Gasteiger partial charge in [-0.2, -0.15) is 0 Å². The lowest BCUT2D eigenvalue weighted by Crippen LogP contribution is -2.35. The monoisotopic (exact) mass is 210 g/mol. The minimum atomic E-state index is -0.751. The molecule has 2 rings (SSSR count). The van der Waals surface area contributed by atoms with Crippen LogP contribution in [0.2, 0.25) is 0 Å². The van der Waals surface area contributed by atoms with Crippen molar-refractivity contribution in [3.8, 4) is 0 Å². The molecule has 3 nitrogen and oxygen atoms in total. The van der Waals surface area contributed by atoms with E-state index in [1.54, 1.807) is 0 Å². The van der Waals surface area contributed by atoms with Crippen LogP contribution < -0.4 is 0 Å². The van der Waals surface area contributed by atoms with E-state index in [0.717, 1.165) is 12.8 Å². The van der Waals surface area contributed by atoms with Crippen LogP contribution in [0.1, 0.15) is 46.0 Å². The number of carboxylic acids is 1. The third-order valence-corrected chi connectivity index (χ3v) is 5.06. The standard InChI is InChI=1S/C12H18O3/c1-11(6-4-10(14)15)8-3-5-12(11,2)9(13)7-8/h8H,3-7H2,1-2H3,(H,14,15). The highest BCUT2D eigenvalue weighted by Gasteiger charge is 2.63. The lowest BCUT2D eigenvalue weighted by Gasteiger charge is -2.36. The highest BCUT2D eigenvalue weighted by atomic mass is 16.4. The summed E-state index contributed by atoms with van der Waals surface area (Å²) >= 11 is 0. The molecule has 0 aromatic heterocycles. The predicted octanol–water partition coefficient (Wildman–Crippen LogP) is 2.25. The van der Waals surface area contributed by atoms with Gasteiger partial charge in [0.15, 0.2) is 0 Å². The Kier molecular flexibility index (Phi) is 2.18. The van der Waals surface area contributed by atoms with E-state index in [-0.39, 0.29) is 17.3 Å². The molecule has 3 atom stereocenters. The Bertz CT molecular complexity index is 323. The van der Waals surface area contributed by atoms with Gasteiger partial charge >= 0.3 is 5.97 Å². The van der Waals surface area contributed by atoms with Gasteiger partial charge in [-0.1, -0.05) is 13.8 Å². The van der Waals surface area contributed by atoms with Crippen LogP contribution in [0, 0.1) is 16.7 Å². The molecule has 0 aliphatic heterocycles. The molecule has 0 aromatic rings. The first-order valence-corrected chi connectivity index (χ1v) is 5.65. The Morgan fingerprint density at radius 1 is 1.53 bits per heavy atom. The number of carboxylic acid groups (broad SMARTS) is 1. The van der Waals surface area contributed by atoms with Gasteiger partial charge in [-0.05, 0) is 30.6 Å². The summed E-state index contributed by atoms with van der Waals surface area (Å²) in [4.78, 5) is 22.5. The zero-order chi connectivity index (χ0) is 11.3. The lowest BCUT2D eigenvalue weighted by molar-refractivity contribution is -0.139. The first-order chi connectivity index (χ1) is 6.90. The number of fused-ring (bicyclic) bond motifs is 2. The van der Waals surface area contributed by atoms with Gasteiger partial charge in [-0.3, -0.25) is 9.59 Å². The Balaban J connectivity index is 2.21. The van der Waals surface area contributed by atoms with E-state index >= 15 is 0 Å². The van der Waals surface area contributed by atoms with Gasteiger partial charge in [-0.15, -0.1) is 0 Å². The molecule has 2 fully saturated rings. The number of ketones is 1. The number of hydrogen-bond donors (Lipinski definition) is 1. The molecule has 2 aliphatic carbocycles. The van der Waals surface area contributed by atoms with Crippen LogP contribution in [0.4, 0.5) is 0 Å². The van der Waals surface area contributed by atoms with Crippen molar-refractivity contribution in [3.05, 3.63) is 0 Å². The van der Waals surface area contributed by atoms with Crippen LogP contribution in [0.3, 0.4) is 0 Å². The molecular weight excluding hydrogens is 192 g/mol. The Labute approximate surface area is 89.9 Å². The van der Waals surface area contributed by atoms with Crippen LogP contribution in [-0.2, 0) is 9.59 Å². The number of Topliss-reactive ketones (excluding diaryl/α,β-unsaturated/α-hetero) is 1. The van der Waals surface area contributed by atoms with Gasteiger partial charge in [-0.25, -0.2) is 0 Å². The van der Waals surface area contributed by atoms with Crippen molar-refractivity contribution in [1.29, 1.82) is 0 Å². The van der Waals surface area contributed by atoms with Crippen molar-refractivity contribution in [3.63, 3.8) is 0 Å².